The van der Waals surface area contributed by atoms with Crippen molar-refractivity contribution in [2.24, 2.45) is 5.73 Å². The highest BCUT2D eigenvalue weighted by atomic mass is 16.3. The zero-order valence-electron chi connectivity index (χ0n) is 12.4. The average Bonchev–Trinajstić information content (AvgIpc) is 3.07. The van der Waals surface area contributed by atoms with Crippen LogP contribution in [0.25, 0.3) is 11.0 Å². The van der Waals surface area contributed by atoms with E-state index in [9.17, 15) is 0 Å². The first-order valence-electron chi connectivity index (χ1n) is 7.11. The van der Waals surface area contributed by atoms with Crippen LogP contribution in [0.4, 0.5) is 0 Å². The summed E-state index contributed by atoms with van der Waals surface area (Å²) >= 11 is 0. The normalized spacial score (nSPS) is 13.1. The van der Waals surface area contributed by atoms with E-state index in [2.05, 4.69) is 18.0 Å². The van der Waals surface area contributed by atoms with E-state index in [1.807, 2.05) is 43.5 Å². The molecule has 2 heterocycles. The molecule has 0 aliphatic rings. The van der Waals surface area contributed by atoms with Crippen LogP contribution < -0.4 is 5.73 Å². The number of furan rings is 2. The molecule has 1 aromatic carbocycles. The van der Waals surface area contributed by atoms with E-state index >= 15 is 0 Å². The quantitative estimate of drug-likeness (QED) is 0.779. The standard InChI is InChI=1S/C17H20N2O2/c1-12-7-8-13(21-12)10-19(2)16(9-18)15-11-20-17-6-4-3-5-14(15)17/h3-8,11,16H,9-10,18H2,1-2H3. The second-order valence-electron chi connectivity index (χ2n) is 5.37. The van der Waals surface area contributed by atoms with Crippen molar-refractivity contribution in [3.63, 3.8) is 0 Å². The molecule has 0 bridgehead atoms. The van der Waals surface area contributed by atoms with Gasteiger partial charge in [0, 0.05) is 17.5 Å². The van der Waals surface area contributed by atoms with Gasteiger partial charge in [-0.2, -0.15) is 0 Å². The van der Waals surface area contributed by atoms with E-state index in [-0.39, 0.29) is 6.04 Å². The van der Waals surface area contributed by atoms with E-state index in [0.717, 1.165) is 34.6 Å². The van der Waals surface area contributed by atoms with Crippen LogP contribution in [0.2, 0.25) is 0 Å². The van der Waals surface area contributed by atoms with E-state index in [4.69, 9.17) is 14.6 Å². The first-order valence-corrected chi connectivity index (χ1v) is 7.11. The highest BCUT2D eigenvalue weighted by Crippen LogP contribution is 2.29. The zero-order chi connectivity index (χ0) is 14.8. The molecule has 2 aromatic heterocycles. The number of fused-ring (bicyclic) bond motifs is 1. The summed E-state index contributed by atoms with van der Waals surface area (Å²) < 4.78 is 11.3. The highest BCUT2D eigenvalue weighted by molar-refractivity contribution is 5.81. The van der Waals surface area contributed by atoms with Crippen molar-refractivity contribution < 1.29 is 8.83 Å². The Morgan fingerprint density at radius 2 is 2.00 bits per heavy atom. The number of hydrogen-bond donors (Lipinski definition) is 1. The third-order valence-corrected chi connectivity index (χ3v) is 3.83. The van der Waals surface area contributed by atoms with Gasteiger partial charge >= 0.3 is 0 Å². The lowest BCUT2D eigenvalue weighted by molar-refractivity contribution is 0.222. The van der Waals surface area contributed by atoms with Gasteiger partial charge in [0.15, 0.2) is 0 Å². The largest absolute Gasteiger partial charge is 0.465 e. The zero-order valence-corrected chi connectivity index (χ0v) is 12.4. The summed E-state index contributed by atoms with van der Waals surface area (Å²) in [5.74, 6) is 1.87. The second kappa shape index (κ2) is 5.76. The first kappa shape index (κ1) is 13.9. The number of aryl methyl sites for hydroxylation is 1. The Hall–Kier alpha value is -2.04. The van der Waals surface area contributed by atoms with Crippen LogP contribution in [0.5, 0.6) is 0 Å². The Bertz CT molecular complexity index is 729. The maximum Gasteiger partial charge on any atom is 0.134 e. The molecule has 1 atom stereocenters. The number of nitrogens with zero attached hydrogens (tertiary/aromatic N) is 1. The minimum atomic E-state index is 0.0963. The maximum atomic E-state index is 6.00. The van der Waals surface area contributed by atoms with E-state index in [1.54, 1.807) is 0 Å². The summed E-state index contributed by atoms with van der Waals surface area (Å²) in [5.41, 5.74) is 8.02. The van der Waals surface area contributed by atoms with Crippen molar-refractivity contribution in [2.45, 2.75) is 19.5 Å². The molecule has 0 aliphatic heterocycles. The van der Waals surface area contributed by atoms with Gasteiger partial charge in [0.05, 0.1) is 18.8 Å². The minimum absolute atomic E-state index is 0.0963. The van der Waals surface area contributed by atoms with E-state index in [1.165, 1.54) is 0 Å². The van der Waals surface area contributed by atoms with Crippen molar-refractivity contribution in [2.75, 3.05) is 13.6 Å². The molecule has 0 saturated heterocycles. The molecule has 0 amide bonds. The molecule has 2 N–H and O–H groups in total. The third-order valence-electron chi connectivity index (χ3n) is 3.83. The van der Waals surface area contributed by atoms with E-state index < -0.39 is 0 Å². The average molecular weight is 284 g/mol. The molecule has 3 aromatic rings. The lowest BCUT2D eigenvalue weighted by Crippen LogP contribution is -2.29. The molecule has 0 saturated carbocycles. The molecule has 110 valence electrons. The van der Waals surface area contributed by atoms with Gasteiger partial charge in [-0.25, -0.2) is 0 Å². The summed E-state index contributed by atoms with van der Waals surface area (Å²) in [5, 5.41) is 1.12. The van der Waals surface area contributed by atoms with Crippen molar-refractivity contribution >= 4 is 11.0 Å². The van der Waals surface area contributed by atoms with Crippen LogP contribution >= 0.6 is 0 Å². The summed E-state index contributed by atoms with van der Waals surface area (Å²) in [6.07, 6.45) is 1.81. The van der Waals surface area contributed by atoms with Gasteiger partial charge in [0.1, 0.15) is 17.1 Å². The van der Waals surface area contributed by atoms with Crippen LogP contribution in [-0.4, -0.2) is 18.5 Å². The summed E-state index contributed by atoms with van der Waals surface area (Å²) in [6.45, 7) is 3.20. The smallest absolute Gasteiger partial charge is 0.134 e. The number of likely N-dealkylation sites (N-methyl/N-ethyl adjacent to an activating group) is 1. The van der Waals surface area contributed by atoms with Gasteiger partial charge in [-0.15, -0.1) is 0 Å². The number of hydrogen-bond acceptors (Lipinski definition) is 4. The molecular formula is C17H20N2O2. The Morgan fingerprint density at radius 1 is 1.19 bits per heavy atom. The Balaban J connectivity index is 1.87. The fourth-order valence-electron chi connectivity index (χ4n) is 2.73. The van der Waals surface area contributed by atoms with Gasteiger partial charge in [0.25, 0.3) is 0 Å². The van der Waals surface area contributed by atoms with Gasteiger partial charge in [0.2, 0.25) is 0 Å². The van der Waals surface area contributed by atoms with Crippen molar-refractivity contribution in [1.29, 1.82) is 0 Å². The molecule has 4 nitrogen and oxygen atoms in total. The molecule has 4 heteroatoms. The molecule has 21 heavy (non-hydrogen) atoms. The third kappa shape index (κ3) is 2.73. The molecule has 0 aliphatic carbocycles. The topological polar surface area (TPSA) is 55.5 Å². The van der Waals surface area contributed by atoms with Crippen molar-refractivity contribution in [3.05, 3.63) is 59.7 Å². The summed E-state index contributed by atoms with van der Waals surface area (Å²) in [6, 6.07) is 12.1. The molecule has 3 rings (SSSR count). The fraction of sp³-hybridized carbons (Fsp3) is 0.294. The summed E-state index contributed by atoms with van der Waals surface area (Å²) in [7, 11) is 2.05. The number of benzene rings is 1. The van der Waals surface area contributed by atoms with Crippen molar-refractivity contribution in [3.8, 4) is 0 Å². The second-order valence-corrected chi connectivity index (χ2v) is 5.37. The SMILES string of the molecule is Cc1ccc(CN(C)C(CN)c2coc3ccccc23)o1. The van der Waals surface area contributed by atoms with Crippen LogP contribution in [0.3, 0.4) is 0 Å². The molecule has 0 radical (unpaired) electrons. The van der Waals surface area contributed by atoms with Gasteiger partial charge in [-0.1, -0.05) is 18.2 Å². The number of rotatable bonds is 5. The summed E-state index contributed by atoms with van der Waals surface area (Å²) in [4.78, 5) is 2.19. The first-order chi connectivity index (χ1) is 10.2. The Morgan fingerprint density at radius 3 is 2.71 bits per heavy atom. The predicted molar refractivity (Wildman–Crippen MR) is 82.9 cm³/mol. The predicted octanol–water partition coefficient (Wildman–Crippen LogP) is 3.47. The van der Waals surface area contributed by atoms with Crippen LogP contribution in [0.15, 0.2) is 51.5 Å². The number of para-hydroxylation sites is 1. The molecular weight excluding hydrogens is 264 g/mol. The molecule has 0 spiro atoms. The Kier molecular flexibility index (Phi) is 3.82. The van der Waals surface area contributed by atoms with Gasteiger partial charge in [-0.3, -0.25) is 4.90 Å². The maximum absolute atomic E-state index is 6.00. The van der Waals surface area contributed by atoms with Gasteiger partial charge in [-0.05, 0) is 32.2 Å². The lowest BCUT2D eigenvalue weighted by Gasteiger charge is -2.25. The molecule has 1 unspecified atom stereocenters. The minimum Gasteiger partial charge on any atom is -0.465 e. The fourth-order valence-corrected chi connectivity index (χ4v) is 2.73. The monoisotopic (exact) mass is 284 g/mol. The Labute approximate surface area is 124 Å². The van der Waals surface area contributed by atoms with Crippen molar-refractivity contribution in [1.82, 2.24) is 4.90 Å². The van der Waals surface area contributed by atoms with Crippen LogP contribution in [0, 0.1) is 6.92 Å². The van der Waals surface area contributed by atoms with Gasteiger partial charge < -0.3 is 14.6 Å². The van der Waals surface area contributed by atoms with Crippen LogP contribution in [-0.2, 0) is 6.54 Å². The van der Waals surface area contributed by atoms with E-state index in [0.29, 0.717) is 6.54 Å². The highest BCUT2D eigenvalue weighted by Gasteiger charge is 2.21. The molecule has 0 fully saturated rings. The lowest BCUT2D eigenvalue weighted by atomic mass is 10.0. The van der Waals surface area contributed by atoms with Crippen LogP contribution in [0.1, 0.15) is 23.1 Å². The number of nitrogens with two attached hydrogens (primary N) is 1.